The number of anilines is 1. The van der Waals surface area contributed by atoms with Gasteiger partial charge in [-0.25, -0.2) is 0 Å². The van der Waals surface area contributed by atoms with Crippen molar-refractivity contribution in [1.29, 1.82) is 5.26 Å². The van der Waals surface area contributed by atoms with Crippen molar-refractivity contribution in [1.82, 2.24) is 0 Å². The summed E-state index contributed by atoms with van der Waals surface area (Å²) in [6.45, 7) is 3.66. The van der Waals surface area contributed by atoms with Crippen LogP contribution in [0.4, 0.5) is 5.69 Å². The van der Waals surface area contributed by atoms with E-state index in [0.29, 0.717) is 0 Å². The van der Waals surface area contributed by atoms with E-state index in [1.165, 1.54) is 0 Å². The summed E-state index contributed by atoms with van der Waals surface area (Å²) in [5.41, 5.74) is 0.0542. The first-order chi connectivity index (χ1) is 8.05. The van der Waals surface area contributed by atoms with Crippen LogP contribution < -0.4 is 10.1 Å². The third-order valence-corrected chi connectivity index (χ3v) is 2.87. The lowest BCUT2D eigenvalue weighted by Crippen LogP contribution is -2.44. The van der Waals surface area contributed by atoms with Gasteiger partial charge in [-0.3, -0.25) is 0 Å². The SMILES string of the molecule is COc1cccc(NC(C)(C#N)C(C)OC)c1. The Labute approximate surface area is 102 Å². The fraction of sp³-hybridized carbons (Fsp3) is 0.462. The predicted octanol–water partition coefficient (Wildman–Crippen LogP) is 2.42. The molecule has 17 heavy (non-hydrogen) atoms. The average Bonchev–Trinajstić information content (AvgIpc) is 2.37. The number of methoxy groups -OCH3 is 2. The Hall–Kier alpha value is -1.73. The van der Waals surface area contributed by atoms with Crippen LogP contribution in [-0.4, -0.2) is 25.9 Å². The second-order valence-electron chi connectivity index (χ2n) is 4.05. The Morgan fingerprint density at radius 3 is 2.65 bits per heavy atom. The molecular weight excluding hydrogens is 216 g/mol. The quantitative estimate of drug-likeness (QED) is 0.850. The fourth-order valence-electron chi connectivity index (χ4n) is 1.46. The van der Waals surface area contributed by atoms with Crippen LogP contribution in [0.5, 0.6) is 5.75 Å². The van der Waals surface area contributed by atoms with Gasteiger partial charge in [-0.15, -0.1) is 0 Å². The molecule has 4 nitrogen and oxygen atoms in total. The number of hydrogen-bond acceptors (Lipinski definition) is 4. The van der Waals surface area contributed by atoms with Crippen LogP contribution in [0.2, 0.25) is 0 Å². The number of nitrogens with zero attached hydrogens (tertiary/aromatic N) is 1. The molecule has 0 fully saturated rings. The molecule has 0 saturated heterocycles. The summed E-state index contributed by atoms with van der Waals surface area (Å²) in [7, 11) is 3.20. The van der Waals surface area contributed by atoms with Crippen LogP contribution >= 0.6 is 0 Å². The second-order valence-corrected chi connectivity index (χ2v) is 4.05. The van der Waals surface area contributed by atoms with E-state index in [4.69, 9.17) is 9.47 Å². The Morgan fingerprint density at radius 1 is 1.41 bits per heavy atom. The van der Waals surface area contributed by atoms with Crippen LogP contribution in [0, 0.1) is 11.3 Å². The van der Waals surface area contributed by atoms with E-state index in [0.717, 1.165) is 11.4 Å². The van der Waals surface area contributed by atoms with Gasteiger partial charge < -0.3 is 14.8 Å². The molecule has 1 N–H and O–H groups in total. The van der Waals surface area contributed by atoms with Crippen LogP contribution in [-0.2, 0) is 4.74 Å². The van der Waals surface area contributed by atoms with Gasteiger partial charge >= 0.3 is 0 Å². The summed E-state index contributed by atoms with van der Waals surface area (Å²) in [4.78, 5) is 0. The molecule has 0 saturated carbocycles. The third-order valence-electron chi connectivity index (χ3n) is 2.87. The van der Waals surface area contributed by atoms with Crippen molar-refractivity contribution < 1.29 is 9.47 Å². The van der Waals surface area contributed by atoms with E-state index in [1.54, 1.807) is 21.1 Å². The molecule has 1 aromatic carbocycles. The van der Waals surface area contributed by atoms with Crippen molar-refractivity contribution in [3.8, 4) is 11.8 Å². The first kappa shape index (κ1) is 13.3. The molecule has 1 rings (SSSR count). The molecule has 0 aliphatic carbocycles. The largest absolute Gasteiger partial charge is 0.497 e. The minimum atomic E-state index is -0.777. The van der Waals surface area contributed by atoms with Crippen molar-refractivity contribution >= 4 is 5.69 Å². The number of ether oxygens (including phenoxy) is 2. The fourth-order valence-corrected chi connectivity index (χ4v) is 1.46. The minimum absolute atomic E-state index is 0.223. The molecule has 0 aliphatic rings. The monoisotopic (exact) mass is 234 g/mol. The molecule has 0 radical (unpaired) electrons. The molecule has 4 heteroatoms. The van der Waals surface area contributed by atoms with Crippen molar-refractivity contribution in [2.24, 2.45) is 0 Å². The van der Waals surface area contributed by atoms with E-state index < -0.39 is 5.54 Å². The van der Waals surface area contributed by atoms with Gasteiger partial charge in [0.15, 0.2) is 0 Å². The van der Waals surface area contributed by atoms with E-state index >= 15 is 0 Å². The average molecular weight is 234 g/mol. The van der Waals surface area contributed by atoms with Gasteiger partial charge in [-0.05, 0) is 26.0 Å². The number of hydrogen-bond donors (Lipinski definition) is 1. The van der Waals surface area contributed by atoms with Crippen LogP contribution in [0.1, 0.15) is 13.8 Å². The topological polar surface area (TPSA) is 54.3 Å². The molecule has 0 spiro atoms. The van der Waals surface area contributed by atoms with E-state index in [-0.39, 0.29) is 6.10 Å². The highest BCUT2D eigenvalue weighted by Crippen LogP contribution is 2.23. The lowest BCUT2D eigenvalue weighted by molar-refractivity contribution is 0.0853. The number of nitrogens with one attached hydrogen (secondary N) is 1. The zero-order valence-corrected chi connectivity index (χ0v) is 10.7. The molecule has 1 aromatic rings. The Balaban J connectivity index is 2.91. The highest BCUT2D eigenvalue weighted by atomic mass is 16.5. The van der Waals surface area contributed by atoms with Gasteiger partial charge in [0, 0.05) is 18.9 Å². The van der Waals surface area contributed by atoms with Gasteiger partial charge in [0.05, 0.1) is 19.3 Å². The standard InChI is InChI=1S/C13H18N2O2/c1-10(16-3)13(2,9-14)15-11-6-5-7-12(8-11)17-4/h5-8,10,15H,1-4H3. The minimum Gasteiger partial charge on any atom is -0.497 e. The van der Waals surface area contributed by atoms with Crippen LogP contribution in [0.15, 0.2) is 24.3 Å². The molecule has 92 valence electrons. The molecule has 0 bridgehead atoms. The van der Waals surface area contributed by atoms with Crippen molar-refractivity contribution in [2.45, 2.75) is 25.5 Å². The number of benzene rings is 1. The summed E-state index contributed by atoms with van der Waals surface area (Å²) in [6, 6.07) is 9.70. The zero-order valence-electron chi connectivity index (χ0n) is 10.7. The highest BCUT2D eigenvalue weighted by Gasteiger charge is 2.31. The maximum atomic E-state index is 9.25. The smallest absolute Gasteiger partial charge is 0.148 e. The van der Waals surface area contributed by atoms with Crippen molar-refractivity contribution in [2.75, 3.05) is 19.5 Å². The third kappa shape index (κ3) is 3.11. The van der Waals surface area contributed by atoms with E-state index in [2.05, 4.69) is 11.4 Å². The van der Waals surface area contributed by atoms with Gasteiger partial charge in [0.2, 0.25) is 0 Å². The first-order valence-corrected chi connectivity index (χ1v) is 5.42. The molecule has 0 aromatic heterocycles. The normalized spacial score (nSPS) is 15.5. The molecule has 2 atom stereocenters. The summed E-state index contributed by atoms with van der Waals surface area (Å²) >= 11 is 0. The maximum Gasteiger partial charge on any atom is 0.148 e. The van der Waals surface area contributed by atoms with Gasteiger partial charge in [0.25, 0.3) is 0 Å². The van der Waals surface area contributed by atoms with Crippen molar-refractivity contribution in [3.05, 3.63) is 24.3 Å². The van der Waals surface area contributed by atoms with Crippen LogP contribution in [0.3, 0.4) is 0 Å². The molecular formula is C13H18N2O2. The second kappa shape index (κ2) is 5.55. The maximum absolute atomic E-state index is 9.25. The summed E-state index contributed by atoms with van der Waals surface area (Å²) in [5, 5.41) is 12.4. The summed E-state index contributed by atoms with van der Waals surface area (Å²) in [5.74, 6) is 0.750. The lowest BCUT2D eigenvalue weighted by Gasteiger charge is -2.29. The zero-order chi connectivity index (χ0) is 12.9. The Kier molecular flexibility index (Phi) is 4.36. The van der Waals surface area contributed by atoms with Gasteiger partial charge in [-0.1, -0.05) is 6.07 Å². The Bertz CT molecular complexity index is 414. The lowest BCUT2D eigenvalue weighted by atomic mass is 9.97. The summed E-state index contributed by atoms with van der Waals surface area (Å²) in [6.07, 6.45) is -0.223. The van der Waals surface area contributed by atoms with Gasteiger partial charge in [0.1, 0.15) is 11.3 Å². The van der Waals surface area contributed by atoms with E-state index in [1.807, 2.05) is 31.2 Å². The first-order valence-electron chi connectivity index (χ1n) is 5.42. The molecule has 2 unspecified atom stereocenters. The molecule has 0 amide bonds. The van der Waals surface area contributed by atoms with Crippen LogP contribution in [0.25, 0.3) is 0 Å². The molecule has 0 heterocycles. The number of rotatable bonds is 5. The highest BCUT2D eigenvalue weighted by molar-refractivity contribution is 5.51. The predicted molar refractivity (Wildman–Crippen MR) is 67.1 cm³/mol. The summed E-state index contributed by atoms with van der Waals surface area (Å²) < 4.78 is 10.4. The Morgan fingerprint density at radius 2 is 2.12 bits per heavy atom. The van der Waals surface area contributed by atoms with E-state index in [9.17, 15) is 5.26 Å². The van der Waals surface area contributed by atoms with Gasteiger partial charge in [-0.2, -0.15) is 5.26 Å². The number of nitriles is 1. The molecule has 0 aliphatic heterocycles. The van der Waals surface area contributed by atoms with Crippen molar-refractivity contribution in [3.63, 3.8) is 0 Å².